The normalized spacial score (nSPS) is 30.8. The third-order valence-corrected chi connectivity index (χ3v) is 11.7. The summed E-state index contributed by atoms with van der Waals surface area (Å²) in [6.07, 6.45) is -0.0197. The number of hydrogen-bond donors (Lipinski definition) is 2. The van der Waals surface area contributed by atoms with Gasteiger partial charge in [-0.3, -0.25) is 9.69 Å². The highest BCUT2D eigenvalue weighted by Gasteiger charge is 2.66. The van der Waals surface area contributed by atoms with E-state index < -0.39 is 50.3 Å². The first kappa shape index (κ1) is 25.6. The quantitative estimate of drug-likeness (QED) is 0.206. The number of β-lactam (4-membered cyclic amide) rings is 1. The molecule has 0 radical (unpaired) electrons. The van der Waals surface area contributed by atoms with Crippen LogP contribution < -0.4 is 0 Å². The van der Waals surface area contributed by atoms with Gasteiger partial charge in [0, 0.05) is 11.9 Å². The SMILES string of the molecule is CCOC(C)(C)C(=O)OCOC(=O)C1=C(SC2CC[SiH](O)C2)SC2N1C(=O)C2(C)C(C)O. The predicted molar refractivity (Wildman–Crippen MR) is 123 cm³/mol. The van der Waals surface area contributed by atoms with Crippen molar-refractivity contribution in [2.24, 2.45) is 5.41 Å². The summed E-state index contributed by atoms with van der Waals surface area (Å²) in [5, 5.41) is 9.97. The molecule has 2 saturated heterocycles. The molecule has 5 unspecified atom stereocenters. The van der Waals surface area contributed by atoms with Crippen LogP contribution in [0.2, 0.25) is 12.1 Å². The van der Waals surface area contributed by atoms with Crippen molar-refractivity contribution in [2.75, 3.05) is 13.4 Å². The fraction of sp³-hybridized carbons (Fsp3) is 0.750. The Balaban J connectivity index is 1.72. The molecule has 2 fully saturated rings. The molecule has 0 aromatic heterocycles. The van der Waals surface area contributed by atoms with E-state index in [1.54, 1.807) is 34.6 Å². The van der Waals surface area contributed by atoms with Gasteiger partial charge in [-0.25, -0.2) is 9.59 Å². The summed E-state index contributed by atoms with van der Waals surface area (Å²) in [6, 6.07) is 1.58. The van der Waals surface area contributed by atoms with Crippen molar-refractivity contribution >= 4 is 50.4 Å². The van der Waals surface area contributed by atoms with Crippen LogP contribution in [0.3, 0.4) is 0 Å². The van der Waals surface area contributed by atoms with Crippen molar-refractivity contribution in [1.29, 1.82) is 0 Å². The number of nitrogens with zero attached hydrogens (tertiary/aromatic N) is 1. The number of thioether (sulfide) groups is 2. The number of carbonyl (C=O) groups is 3. The predicted octanol–water partition coefficient (Wildman–Crippen LogP) is 1.54. The van der Waals surface area contributed by atoms with Gasteiger partial charge in [0.2, 0.25) is 12.7 Å². The molecule has 12 heteroatoms. The molecule has 2 N–H and O–H groups in total. The molecule has 0 saturated carbocycles. The van der Waals surface area contributed by atoms with Crippen molar-refractivity contribution in [2.45, 2.75) is 75.5 Å². The molecule has 0 aromatic carbocycles. The third-order valence-electron chi connectivity index (χ3n) is 6.15. The smallest absolute Gasteiger partial charge is 0.359 e. The summed E-state index contributed by atoms with van der Waals surface area (Å²) in [5.74, 6) is -1.77. The number of aliphatic hydroxyl groups excluding tert-OH is 1. The Morgan fingerprint density at radius 3 is 2.66 bits per heavy atom. The summed E-state index contributed by atoms with van der Waals surface area (Å²) in [5.41, 5.74) is -2.05. The van der Waals surface area contributed by atoms with Crippen LogP contribution in [0.15, 0.2) is 9.93 Å². The lowest BCUT2D eigenvalue weighted by Crippen LogP contribution is -2.68. The summed E-state index contributed by atoms with van der Waals surface area (Å²) in [7, 11) is -1.69. The largest absolute Gasteiger partial charge is 0.435 e. The van der Waals surface area contributed by atoms with E-state index >= 15 is 0 Å². The Morgan fingerprint density at radius 2 is 2.09 bits per heavy atom. The number of esters is 2. The fourth-order valence-electron chi connectivity index (χ4n) is 3.95. The molecule has 5 atom stereocenters. The Hall–Kier alpha value is -1.05. The number of rotatable bonds is 9. The first-order valence-corrected chi connectivity index (χ1v) is 14.6. The van der Waals surface area contributed by atoms with Crippen LogP contribution in [0.4, 0.5) is 0 Å². The second kappa shape index (κ2) is 9.67. The highest BCUT2D eigenvalue weighted by molar-refractivity contribution is 8.23. The minimum atomic E-state index is -1.69. The molecule has 0 aromatic rings. The van der Waals surface area contributed by atoms with Crippen LogP contribution in [0.1, 0.15) is 41.0 Å². The molecule has 0 aliphatic carbocycles. The van der Waals surface area contributed by atoms with Crippen molar-refractivity contribution in [1.82, 2.24) is 4.90 Å². The molecule has 0 spiro atoms. The van der Waals surface area contributed by atoms with Gasteiger partial charge in [0.25, 0.3) is 0 Å². The second-order valence-electron chi connectivity index (χ2n) is 8.87. The van der Waals surface area contributed by atoms with E-state index in [-0.39, 0.29) is 16.9 Å². The van der Waals surface area contributed by atoms with E-state index in [0.29, 0.717) is 10.8 Å². The van der Waals surface area contributed by atoms with Gasteiger partial charge in [-0.2, -0.15) is 0 Å². The first-order valence-electron chi connectivity index (χ1n) is 10.7. The van der Waals surface area contributed by atoms with Crippen LogP contribution in [-0.2, 0) is 28.6 Å². The van der Waals surface area contributed by atoms with Crippen LogP contribution >= 0.6 is 23.5 Å². The van der Waals surface area contributed by atoms with Crippen LogP contribution in [0, 0.1) is 5.41 Å². The topological polar surface area (TPSA) is 123 Å². The van der Waals surface area contributed by atoms with Gasteiger partial charge >= 0.3 is 11.9 Å². The number of aliphatic hydroxyl groups is 1. The number of amides is 1. The number of fused-ring (bicyclic) bond motifs is 1. The molecule has 3 rings (SSSR count). The lowest BCUT2D eigenvalue weighted by molar-refractivity contribution is -0.185. The van der Waals surface area contributed by atoms with Crippen LogP contribution in [0.5, 0.6) is 0 Å². The lowest BCUT2D eigenvalue weighted by atomic mass is 9.75. The van der Waals surface area contributed by atoms with E-state index in [1.807, 2.05) is 0 Å². The first-order chi connectivity index (χ1) is 14.9. The number of carbonyl (C=O) groups excluding carboxylic acids is 3. The third kappa shape index (κ3) is 4.62. The minimum absolute atomic E-state index is 0.122. The molecule has 180 valence electrons. The van der Waals surface area contributed by atoms with Crippen LogP contribution in [0.25, 0.3) is 0 Å². The van der Waals surface area contributed by atoms with E-state index in [0.717, 1.165) is 18.5 Å². The Kier molecular flexibility index (Phi) is 7.72. The molecule has 3 heterocycles. The molecule has 32 heavy (non-hydrogen) atoms. The van der Waals surface area contributed by atoms with E-state index in [1.165, 1.54) is 28.4 Å². The maximum absolute atomic E-state index is 12.9. The van der Waals surface area contributed by atoms with Crippen molar-refractivity contribution in [3.8, 4) is 0 Å². The van der Waals surface area contributed by atoms with Gasteiger partial charge in [-0.1, -0.05) is 11.8 Å². The monoisotopic (exact) mass is 505 g/mol. The van der Waals surface area contributed by atoms with Gasteiger partial charge in [0.15, 0.2) is 20.3 Å². The summed E-state index contributed by atoms with van der Waals surface area (Å²) < 4.78 is 16.2. The molecule has 1 amide bonds. The molecule has 3 aliphatic heterocycles. The number of ether oxygens (including phenoxy) is 3. The van der Waals surface area contributed by atoms with Gasteiger partial charge < -0.3 is 24.1 Å². The zero-order valence-electron chi connectivity index (χ0n) is 19.0. The maximum Gasteiger partial charge on any atom is 0.359 e. The second-order valence-corrected chi connectivity index (χ2v) is 13.9. The highest BCUT2D eigenvalue weighted by Crippen LogP contribution is 2.60. The number of hydrogen-bond acceptors (Lipinski definition) is 10. The fourth-order valence-corrected chi connectivity index (χ4v) is 10.2. The molecule has 9 nitrogen and oxygen atoms in total. The molecule has 0 bridgehead atoms. The molecular weight excluding hydrogens is 474 g/mol. The standard InChI is InChI=1S/C20H31NO8S2Si/c1-6-29-19(3,4)18(25)28-10-27-14(23)13-15(30-12-7-8-32(26)9-12)31-17-20(5,11(2)22)16(24)21(13)17/h11-12,17,22,26,32H,6-10H2,1-5H3. The molecular formula is C20H31NO8S2Si. The van der Waals surface area contributed by atoms with E-state index in [4.69, 9.17) is 14.2 Å². The van der Waals surface area contributed by atoms with Crippen molar-refractivity contribution in [3.05, 3.63) is 9.93 Å². The highest BCUT2D eigenvalue weighted by atomic mass is 32.2. The van der Waals surface area contributed by atoms with E-state index in [2.05, 4.69) is 0 Å². The summed E-state index contributed by atoms with van der Waals surface area (Å²) >= 11 is 2.85. The Morgan fingerprint density at radius 1 is 1.41 bits per heavy atom. The van der Waals surface area contributed by atoms with Gasteiger partial charge in [0.05, 0.1) is 10.3 Å². The minimum Gasteiger partial charge on any atom is -0.435 e. The summed E-state index contributed by atoms with van der Waals surface area (Å²) in [4.78, 5) is 49.4. The Bertz CT molecular complexity index is 819. The zero-order chi connectivity index (χ0) is 23.8. The van der Waals surface area contributed by atoms with Crippen molar-refractivity contribution < 1.29 is 38.5 Å². The summed E-state index contributed by atoms with van der Waals surface area (Å²) in [6.45, 7) is 7.86. The average Bonchev–Trinajstić information content (AvgIpc) is 3.28. The van der Waals surface area contributed by atoms with Gasteiger partial charge in [0.1, 0.15) is 10.8 Å². The van der Waals surface area contributed by atoms with E-state index in [9.17, 15) is 24.3 Å². The van der Waals surface area contributed by atoms with Gasteiger partial charge in [-0.05, 0) is 53.1 Å². The Labute approximate surface area is 197 Å². The van der Waals surface area contributed by atoms with Gasteiger partial charge in [-0.15, -0.1) is 11.8 Å². The maximum atomic E-state index is 12.9. The average molecular weight is 506 g/mol. The lowest BCUT2D eigenvalue weighted by Gasteiger charge is -2.52. The van der Waals surface area contributed by atoms with Crippen molar-refractivity contribution in [3.63, 3.8) is 0 Å². The molecule has 3 aliphatic rings. The van der Waals surface area contributed by atoms with Crippen LogP contribution in [-0.4, -0.2) is 77.4 Å². The zero-order valence-corrected chi connectivity index (χ0v) is 21.7.